The number of rotatable bonds is 0. The van der Waals surface area contributed by atoms with E-state index in [0.29, 0.717) is 16.5 Å². The predicted molar refractivity (Wildman–Crippen MR) is 51.4 cm³/mol. The van der Waals surface area contributed by atoms with Crippen LogP contribution < -0.4 is 0 Å². The molecule has 2 rings (SSSR count). The van der Waals surface area contributed by atoms with Gasteiger partial charge in [0, 0.05) is 22.5 Å². The summed E-state index contributed by atoms with van der Waals surface area (Å²) < 4.78 is 26.1. The van der Waals surface area contributed by atoms with Crippen molar-refractivity contribution >= 4 is 22.4 Å². The van der Waals surface area contributed by atoms with Crippen LogP contribution >= 0.6 is 11.6 Å². The number of aryl methyl sites for hydroxylation is 1. The number of fused-ring (bicyclic) bond motifs is 1. The highest BCUT2D eigenvalue weighted by Gasteiger charge is 2.08. The van der Waals surface area contributed by atoms with Crippen molar-refractivity contribution in [2.24, 2.45) is 0 Å². The second-order valence-electron chi connectivity index (χ2n) is 3.04. The quantitative estimate of drug-likeness (QED) is 0.611. The molecule has 1 aromatic heterocycles. The van der Waals surface area contributed by atoms with E-state index < -0.39 is 11.6 Å². The molecule has 0 spiro atoms. The number of hydrogen-bond acceptors (Lipinski definition) is 1. The van der Waals surface area contributed by atoms with Crippen LogP contribution in [0.15, 0.2) is 18.2 Å². The van der Waals surface area contributed by atoms with Crippen LogP contribution in [0.4, 0.5) is 8.78 Å². The molecule has 1 heterocycles. The van der Waals surface area contributed by atoms with Crippen LogP contribution in [0, 0.1) is 18.6 Å². The molecular formula is C10H6ClF2N. The van der Waals surface area contributed by atoms with E-state index in [-0.39, 0.29) is 5.15 Å². The van der Waals surface area contributed by atoms with Crippen molar-refractivity contribution < 1.29 is 8.78 Å². The van der Waals surface area contributed by atoms with E-state index in [0.717, 1.165) is 6.07 Å². The van der Waals surface area contributed by atoms with Crippen molar-refractivity contribution in [3.05, 3.63) is 40.7 Å². The van der Waals surface area contributed by atoms with E-state index in [2.05, 4.69) is 4.98 Å². The average Bonchev–Trinajstić information content (AvgIpc) is 2.07. The topological polar surface area (TPSA) is 12.9 Å². The predicted octanol–water partition coefficient (Wildman–Crippen LogP) is 3.47. The van der Waals surface area contributed by atoms with Crippen LogP contribution in [0.25, 0.3) is 10.8 Å². The van der Waals surface area contributed by atoms with Crippen molar-refractivity contribution in [3.63, 3.8) is 0 Å². The second-order valence-corrected chi connectivity index (χ2v) is 3.40. The number of hydrogen-bond donors (Lipinski definition) is 0. The molecule has 0 amide bonds. The van der Waals surface area contributed by atoms with Crippen LogP contribution in [-0.4, -0.2) is 4.98 Å². The molecule has 0 fully saturated rings. The molecule has 0 bridgehead atoms. The fourth-order valence-corrected chi connectivity index (χ4v) is 1.65. The number of aromatic nitrogens is 1. The lowest BCUT2D eigenvalue weighted by atomic mass is 10.1. The van der Waals surface area contributed by atoms with E-state index in [1.807, 2.05) is 0 Å². The molecule has 14 heavy (non-hydrogen) atoms. The van der Waals surface area contributed by atoms with Gasteiger partial charge >= 0.3 is 0 Å². The van der Waals surface area contributed by atoms with Crippen LogP contribution in [-0.2, 0) is 0 Å². The van der Waals surface area contributed by atoms with E-state index in [1.165, 1.54) is 12.1 Å². The molecule has 0 atom stereocenters. The standard InChI is InChI=1S/C10H6ClF2N/c1-5-2-7-8(10(11)14-5)3-6(12)4-9(7)13/h2-4H,1H3. The Labute approximate surface area is 84.3 Å². The van der Waals surface area contributed by atoms with E-state index in [9.17, 15) is 8.78 Å². The van der Waals surface area contributed by atoms with Gasteiger partial charge in [-0.1, -0.05) is 11.6 Å². The highest BCUT2D eigenvalue weighted by molar-refractivity contribution is 6.34. The van der Waals surface area contributed by atoms with Gasteiger partial charge in [-0.3, -0.25) is 0 Å². The third-order valence-corrected chi connectivity index (χ3v) is 2.23. The van der Waals surface area contributed by atoms with Crippen LogP contribution in [0.3, 0.4) is 0 Å². The summed E-state index contributed by atoms with van der Waals surface area (Å²) in [7, 11) is 0. The molecule has 0 N–H and O–H groups in total. The Kier molecular flexibility index (Phi) is 2.11. The zero-order chi connectivity index (χ0) is 10.3. The molecule has 4 heteroatoms. The third kappa shape index (κ3) is 1.44. The van der Waals surface area contributed by atoms with Gasteiger partial charge in [-0.05, 0) is 19.1 Å². The minimum absolute atomic E-state index is 0.124. The number of pyridine rings is 1. The molecule has 0 aliphatic carbocycles. The summed E-state index contributed by atoms with van der Waals surface area (Å²) in [5.41, 5.74) is 0.605. The Morgan fingerprint density at radius 3 is 2.57 bits per heavy atom. The van der Waals surface area contributed by atoms with Crippen molar-refractivity contribution in [1.29, 1.82) is 0 Å². The lowest BCUT2D eigenvalue weighted by molar-refractivity contribution is 0.592. The Bertz CT molecular complexity index is 464. The summed E-state index contributed by atoms with van der Waals surface area (Å²) in [6.07, 6.45) is 0. The summed E-state index contributed by atoms with van der Waals surface area (Å²) in [6.45, 7) is 1.70. The van der Waals surface area contributed by atoms with Gasteiger partial charge < -0.3 is 0 Å². The Hall–Kier alpha value is -1.22. The smallest absolute Gasteiger partial charge is 0.137 e. The first-order valence-corrected chi connectivity index (χ1v) is 4.37. The third-order valence-electron chi connectivity index (χ3n) is 1.94. The lowest BCUT2D eigenvalue weighted by Gasteiger charge is -2.03. The maximum absolute atomic E-state index is 13.3. The van der Waals surface area contributed by atoms with Gasteiger partial charge in [0.25, 0.3) is 0 Å². The fourth-order valence-electron chi connectivity index (χ4n) is 1.36. The molecule has 1 nitrogen and oxygen atoms in total. The Morgan fingerprint density at radius 2 is 1.86 bits per heavy atom. The zero-order valence-electron chi connectivity index (χ0n) is 7.31. The highest BCUT2D eigenvalue weighted by Crippen LogP contribution is 2.25. The number of benzene rings is 1. The zero-order valence-corrected chi connectivity index (χ0v) is 8.07. The van der Waals surface area contributed by atoms with Gasteiger partial charge in [0.1, 0.15) is 16.8 Å². The maximum atomic E-state index is 13.3. The molecule has 0 unspecified atom stereocenters. The monoisotopic (exact) mass is 213 g/mol. The van der Waals surface area contributed by atoms with Gasteiger partial charge in [0.15, 0.2) is 0 Å². The van der Waals surface area contributed by atoms with Crippen molar-refractivity contribution in [1.82, 2.24) is 4.98 Å². The number of halogens is 3. The van der Waals surface area contributed by atoms with Gasteiger partial charge in [0.2, 0.25) is 0 Å². The molecule has 0 saturated carbocycles. The first-order chi connectivity index (χ1) is 6.58. The normalized spacial score (nSPS) is 10.9. The average molecular weight is 214 g/mol. The molecule has 2 aromatic rings. The first-order valence-electron chi connectivity index (χ1n) is 4.00. The van der Waals surface area contributed by atoms with Crippen molar-refractivity contribution in [2.45, 2.75) is 6.92 Å². The largest absolute Gasteiger partial charge is 0.241 e. The first kappa shape index (κ1) is 9.34. The minimum Gasteiger partial charge on any atom is -0.241 e. The summed E-state index contributed by atoms with van der Waals surface area (Å²) in [6, 6.07) is 3.54. The SMILES string of the molecule is Cc1cc2c(F)cc(F)cc2c(Cl)n1. The fraction of sp³-hybridized carbons (Fsp3) is 0.100. The second kappa shape index (κ2) is 3.17. The number of nitrogens with zero attached hydrogens (tertiary/aromatic N) is 1. The summed E-state index contributed by atoms with van der Waals surface area (Å²) in [5.74, 6) is -1.27. The lowest BCUT2D eigenvalue weighted by Crippen LogP contribution is -1.89. The van der Waals surface area contributed by atoms with Crippen LogP contribution in [0.2, 0.25) is 5.15 Å². The highest BCUT2D eigenvalue weighted by atomic mass is 35.5. The summed E-state index contributed by atoms with van der Waals surface area (Å²) in [4.78, 5) is 3.92. The van der Waals surface area contributed by atoms with Gasteiger partial charge in [-0.15, -0.1) is 0 Å². The molecule has 1 aromatic carbocycles. The maximum Gasteiger partial charge on any atom is 0.137 e. The molecule has 0 radical (unpaired) electrons. The van der Waals surface area contributed by atoms with E-state index >= 15 is 0 Å². The van der Waals surface area contributed by atoms with E-state index in [4.69, 9.17) is 11.6 Å². The Morgan fingerprint density at radius 1 is 1.14 bits per heavy atom. The minimum atomic E-state index is -0.650. The van der Waals surface area contributed by atoms with Gasteiger partial charge in [0.05, 0.1) is 0 Å². The molecule has 72 valence electrons. The van der Waals surface area contributed by atoms with E-state index in [1.54, 1.807) is 6.92 Å². The Balaban J connectivity index is 2.94. The summed E-state index contributed by atoms with van der Waals surface area (Å²) >= 11 is 5.76. The molecule has 0 aliphatic rings. The molecule has 0 aliphatic heterocycles. The molecule has 0 saturated heterocycles. The van der Waals surface area contributed by atoms with Gasteiger partial charge in [-0.25, -0.2) is 13.8 Å². The van der Waals surface area contributed by atoms with Crippen molar-refractivity contribution in [3.8, 4) is 0 Å². The van der Waals surface area contributed by atoms with Crippen molar-refractivity contribution in [2.75, 3.05) is 0 Å². The van der Waals surface area contributed by atoms with Crippen LogP contribution in [0.1, 0.15) is 5.69 Å². The molecular weight excluding hydrogens is 208 g/mol. The van der Waals surface area contributed by atoms with Gasteiger partial charge in [-0.2, -0.15) is 0 Å². The van der Waals surface area contributed by atoms with Crippen LogP contribution in [0.5, 0.6) is 0 Å². The summed E-state index contributed by atoms with van der Waals surface area (Å²) in [5, 5.41) is 0.720.